The molecule has 1 aromatic heterocycles. The average Bonchev–Trinajstić information content (AvgIpc) is 3.05. The maximum absolute atomic E-state index is 12.9. The third-order valence-corrected chi connectivity index (χ3v) is 4.55. The first kappa shape index (κ1) is 21.8. The molecule has 0 spiro atoms. The Morgan fingerprint density at radius 2 is 1.92 bits per heavy atom. The Morgan fingerprint density at radius 3 is 2.56 bits per heavy atom. The minimum absolute atomic E-state index is 0. The summed E-state index contributed by atoms with van der Waals surface area (Å²) in [5.74, 6) is 0.612. The van der Waals surface area contributed by atoms with Gasteiger partial charge in [0, 0.05) is 31.4 Å². The summed E-state index contributed by atoms with van der Waals surface area (Å²) in [7, 11) is 0. The molecule has 0 saturated carbocycles. The molecule has 0 saturated heterocycles. The van der Waals surface area contributed by atoms with Crippen LogP contribution >= 0.6 is 35.3 Å². The zero-order chi connectivity index (χ0) is 17.2. The minimum Gasteiger partial charge on any atom is -0.357 e. The van der Waals surface area contributed by atoms with Crippen molar-refractivity contribution in [1.82, 2.24) is 15.6 Å². The second-order valence-electron chi connectivity index (χ2n) is 5.40. The number of nitrogens with one attached hydrogen (secondary N) is 2. The number of hydrogen-bond acceptors (Lipinski definition) is 3. The monoisotopic (exact) mass is 476 g/mol. The number of aromatic nitrogens is 1. The van der Waals surface area contributed by atoms with Gasteiger partial charge in [-0.2, -0.15) is 0 Å². The van der Waals surface area contributed by atoms with Gasteiger partial charge in [0.2, 0.25) is 0 Å². The van der Waals surface area contributed by atoms with Gasteiger partial charge >= 0.3 is 0 Å². The summed E-state index contributed by atoms with van der Waals surface area (Å²) in [6.07, 6.45) is 2.67. The number of aryl methyl sites for hydroxylation is 1. The summed E-state index contributed by atoms with van der Waals surface area (Å²) in [5.41, 5.74) is 2.22. The van der Waals surface area contributed by atoms with Crippen LogP contribution in [0.25, 0.3) is 0 Å². The largest absolute Gasteiger partial charge is 0.357 e. The van der Waals surface area contributed by atoms with Crippen LogP contribution in [-0.2, 0) is 19.3 Å². The second kappa shape index (κ2) is 12.2. The fourth-order valence-corrected chi connectivity index (χ4v) is 3.01. The molecular formula is C18H26FIN4S. The fraction of sp³-hybridized carbons (Fsp3) is 0.444. The lowest BCUT2D eigenvalue weighted by Gasteiger charge is -2.11. The molecule has 2 rings (SSSR count). The van der Waals surface area contributed by atoms with Crippen LogP contribution in [-0.4, -0.2) is 30.6 Å². The summed E-state index contributed by atoms with van der Waals surface area (Å²) >= 11 is 1.71. The van der Waals surface area contributed by atoms with Crippen molar-refractivity contribution in [2.75, 3.05) is 19.6 Å². The molecule has 0 amide bonds. The lowest BCUT2D eigenvalue weighted by atomic mass is 10.1. The lowest BCUT2D eigenvalue weighted by Crippen LogP contribution is -2.38. The molecule has 2 aromatic rings. The molecule has 4 nitrogen and oxygen atoms in total. The van der Waals surface area contributed by atoms with Gasteiger partial charge in [-0.1, -0.05) is 19.1 Å². The van der Waals surface area contributed by atoms with Gasteiger partial charge in [0.15, 0.2) is 5.96 Å². The third-order valence-electron chi connectivity index (χ3n) is 3.50. The Balaban J connectivity index is 0.00000312. The molecule has 138 valence electrons. The van der Waals surface area contributed by atoms with Crippen LogP contribution in [0.15, 0.2) is 34.6 Å². The first-order valence-corrected chi connectivity index (χ1v) is 9.29. The number of aliphatic imine (C=N–C) groups is 1. The standard InChI is InChI=1S/C18H25FN4S.HI/c1-3-17-23-16(13-24-17)10-12-22-18(20-4-2)21-11-9-14-5-7-15(19)8-6-14;/h5-8,13H,3-4,9-12H2,1-2H3,(H2,20,21,22);1H. The van der Waals surface area contributed by atoms with Crippen LogP contribution in [0.2, 0.25) is 0 Å². The minimum atomic E-state index is -0.199. The summed E-state index contributed by atoms with van der Waals surface area (Å²) in [4.78, 5) is 9.15. The zero-order valence-electron chi connectivity index (χ0n) is 14.7. The van der Waals surface area contributed by atoms with Crippen molar-refractivity contribution in [2.24, 2.45) is 4.99 Å². The van der Waals surface area contributed by atoms with E-state index >= 15 is 0 Å². The van der Waals surface area contributed by atoms with Crippen molar-refractivity contribution < 1.29 is 4.39 Å². The van der Waals surface area contributed by atoms with E-state index in [1.807, 2.05) is 19.1 Å². The van der Waals surface area contributed by atoms with Crippen molar-refractivity contribution in [3.05, 3.63) is 51.7 Å². The number of guanidine groups is 1. The smallest absolute Gasteiger partial charge is 0.191 e. The molecule has 0 aliphatic rings. The van der Waals surface area contributed by atoms with E-state index in [-0.39, 0.29) is 29.8 Å². The highest BCUT2D eigenvalue weighted by Crippen LogP contribution is 2.10. The van der Waals surface area contributed by atoms with Gasteiger partial charge in [-0.3, -0.25) is 4.99 Å². The number of benzene rings is 1. The highest BCUT2D eigenvalue weighted by atomic mass is 127. The molecule has 0 atom stereocenters. The predicted molar refractivity (Wildman–Crippen MR) is 115 cm³/mol. The average molecular weight is 476 g/mol. The van der Waals surface area contributed by atoms with E-state index in [9.17, 15) is 4.39 Å². The highest BCUT2D eigenvalue weighted by molar-refractivity contribution is 14.0. The van der Waals surface area contributed by atoms with Crippen molar-refractivity contribution >= 4 is 41.3 Å². The number of thiazole rings is 1. The molecule has 0 fully saturated rings. The number of rotatable bonds is 8. The quantitative estimate of drug-likeness (QED) is 0.346. The van der Waals surface area contributed by atoms with Gasteiger partial charge in [0.25, 0.3) is 0 Å². The Labute approximate surface area is 170 Å². The lowest BCUT2D eigenvalue weighted by molar-refractivity contribution is 0.626. The van der Waals surface area contributed by atoms with Gasteiger partial charge in [-0.15, -0.1) is 35.3 Å². The topological polar surface area (TPSA) is 49.3 Å². The Morgan fingerprint density at radius 1 is 1.16 bits per heavy atom. The second-order valence-corrected chi connectivity index (χ2v) is 6.34. The third kappa shape index (κ3) is 8.13. The van der Waals surface area contributed by atoms with Crippen molar-refractivity contribution in [2.45, 2.75) is 33.1 Å². The Bertz CT molecular complexity index is 643. The SMILES string of the molecule is CCNC(=NCCc1csc(CC)n1)NCCc1ccc(F)cc1.I. The van der Waals surface area contributed by atoms with Gasteiger partial charge in [0.1, 0.15) is 5.82 Å². The Hall–Kier alpha value is -1.22. The molecule has 7 heteroatoms. The zero-order valence-corrected chi connectivity index (χ0v) is 17.9. The van der Waals surface area contributed by atoms with Gasteiger partial charge < -0.3 is 10.6 Å². The fourth-order valence-electron chi connectivity index (χ4n) is 2.23. The molecule has 0 aliphatic carbocycles. The molecule has 0 aliphatic heterocycles. The summed E-state index contributed by atoms with van der Waals surface area (Å²) in [6, 6.07) is 6.61. The van der Waals surface area contributed by atoms with E-state index in [0.717, 1.165) is 49.6 Å². The van der Waals surface area contributed by atoms with E-state index in [1.165, 1.54) is 17.1 Å². The van der Waals surface area contributed by atoms with Crippen molar-refractivity contribution in [1.29, 1.82) is 0 Å². The van der Waals surface area contributed by atoms with E-state index in [1.54, 1.807) is 11.3 Å². The molecule has 25 heavy (non-hydrogen) atoms. The number of hydrogen-bond donors (Lipinski definition) is 2. The van der Waals surface area contributed by atoms with Crippen LogP contribution in [0.5, 0.6) is 0 Å². The maximum atomic E-state index is 12.9. The van der Waals surface area contributed by atoms with Gasteiger partial charge in [-0.25, -0.2) is 9.37 Å². The first-order valence-electron chi connectivity index (χ1n) is 8.41. The van der Waals surface area contributed by atoms with E-state index in [2.05, 4.69) is 32.9 Å². The molecule has 0 bridgehead atoms. The molecule has 2 N–H and O–H groups in total. The van der Waals surface area contributed by atoms with Crippen LogP contribution in [0.4, 0.5) is 4.39 Å². The normalized spacial score (nSPS) is 11.1. The predicted octanol–water partition coefficient (Wildman–Crippen LogP) is 3.80. The van der Waals surface area contributed by atoms with Crippen LogP contribution in [0.3, 0.4) is 0 Å². The maximum Gasteiger partial charge on any atom is 0.191 e. The van der Waals surface area contributed by atoms with Gasteiger partial charge in [-0.05, 0) is 37.5 Å². The number of halogens is 2. The van der Waals surface area contributed by atoms with Gasteiger partial charge in [0.05, 0.1) is 10.7 Å². The van der Waals surface area contributed by atoms with Crippen molar-refractivity contribution in [3.8, 4) is 0 Å². The van der Waals surface area contributed by atoms with Crippen LogP contribution < -0.4 is 10.6 Å². The summed E-state index contributed by atoms with van der Waals surface area (Å²) in [6.45, 7) is 6.45. The van der Waals surface area contributed by atoms with E-state index in [4.69, 9.17) is 0 Å². The van der Waals surface area contributed by atoms with E-state index in [0.29, 0.717) is 6.54 Å². The van der Waals surface area contributed by atoms with Crippen molar-refractivity contribution in [3.63, 3.8) is 0 Å². The molecule has 1 heterocycles. The summed E-state index contributed by atoms with van der Waals surface area (Å²) in [5, 5.41) is 9.85. The molecular weight excluding hydrogens is 450 g/mol. The summed E-state index contributed by atoms with van der Waals surface area (Å²) < 4.78 is 12.9. The first-order chi connectivity index (χ1) is 11.7. The van der Waals surface area contributed by atoms with E-state index < -0.39 is 0 Å². The molecule has 0 unspecified atom stereocenters. The highest BCUT2D eigenvalue weighted by Gasteiger charge is 2.01. The molecule has 1 aromatic carbocycles. The van der Waals surface area contributed by atoms with Crippen LogP contribution in [0, 0.1) is 5.82 Å². The van der Waals surface area contributed by atoms with Crippen LogP contribution in [0.1, 0.15) is 30.1 Å². The number of nitrogens with zero attached hydrogens (tertiary/aromatic N) is 2. The molecule has 0 radical (unpaired) electrons. The Kier molecular flexibility index (Phi) is 10.6.